The Hall–Kier alpha value is -1.27. The molecule has 0 saturated carbocycles. The second kappa shape index (κ2) is 4.83. The predicted molar refractivity (Wildman–Crippen MR) is 53.9 cm³/mol. The van der Waals surface area contributed by atoms with Crippen molar-refractivity contribution >= 4 is 23.4 Å². The van der Waals surface area contributed by atoms with Crippen LogP contribution in [0.5, 0.6) is 0 Å². The van der Waals surface area contributed by atoms with E-state index in [9.17, 15) is 9.18 Å². The zero-order chi connectivity index (χ0) is 10.6. The molecule has 0 radical (unpaired) electrons. The molecule has 0 spiro atoms. The SMILES string of the molecule is NNC(=O)CSc1ccc(N)c(F)c1. The van der Waals surface area contributed by atoms with Crippen LogP contribution in [0, 0.1) is 5.82 Å². The van der Waals surface area contributed by atoms with E-state index in [0.29, 0.717) is 4.90 Å². The molecule has 0 aliphatic heterocycles. The average Bonchev–Trinajstić information content (AvgIpc) is 2.19. The number of nitrogen functional groups attached to an aromatic ring is 1. The fourth-order valence-corrected chi connectivity index (χ4v) is 1.52. The first-order valence-corrected chi connectivity index (χ1v) is 4.79. The van der Waals surface area contributed by atoms with E-state index < -0.39 is 5.82 Å². The summed E-state index contributed by atoms with van der Waals surface area (Å²) >= 11 is 1.19. The van der Waals surface area contributed by atoms with Gasteiger partial charge in [0.1, 0.15) is 5.82 Å². The lowest BCUT2D eigenvalue weighted by atomic mass is 10.3. The third-order valence-electron chi connectivity index (χ3n) is 1.50. The van der Waals surface area contributed by atoms with Crippen LogP contribution < -0.4 is 17.0 Å². The molecule has 5 N–H and O–H groups in total. The summed E-state index contributed by atoms with van der Waals surface area (Å²) in [5, 5.41) is 0. The monoisotopic (exact) mass is 215 g/mol. The van der Waals surface area contributed by atoms with E-state index in [4.69, 9.17) is 11.6 Å². The zero-order valence-corrected chi connectivity index (χ0v) is 8.10. The molecule has 0 unspecified atom stereocenters. The Morgan fingerprint density at radius 1 is 1.57 bits per heavy atom. The van der Waals surface area contributed by atoms with E-state index in [1.54, 1.807) is 6.07 Å². The number of hydrazine groups is 1. The average molecular weight is 215 g/mol. The number of nitrogens with two attached hydrogens (primary N) is 2. The Morgan fingerprint density at radius 2 is 2.29 bits per heavy atom. The molecule has 0 aliphatic carbocycles. The van der Waals surface area contributed by atoms with Crippen molar-refractivity contribution in [3.05, 3.63) is 24.0 Å². The first kappa shape index (κ1) is 10.8. The molecule has 1 amide bonds. The van der Waals surface area contributed by atoms with E-state index in [1.807, 2.05) is 5.43 Å². The molecule has 76 valence electrons. The van der Waals surface area contributed by atoms with Crippen molar-refractivity contribution in [3.63, 3.8) is 0 Å². The van der Waals surface area contributed by atoms with E-state index in [1.165, 1.54) is 23.9 Å². The van der Waals surface area contributed by atoms with Gasteiger partial charge in [-0.3, -0.25) is 10.2 Å². The van der Waals surface area contributed by atoms with Crippen molar-refractivity contribution in [3.8, 4) is 0 Å². The van der Waals surface area contributed by atoms with Gasteiger partial charge < -0.3 is 5.73 Å². The number of rotatable bonds is 3. The lowest BCUT2D eigenvalue weighted by Crippen LogP contribution is -2.31. The number of hydrogen-bond acceptors (Lipinski definition) is 4. The van der Waals surface area contributed by atoms with Gasteiger partial charge in [0, 0.05) is 4.90 Å². The van der Waals surface area contributed by atoms with Gasteiger partial charge >= 0.3 is 0 Å². The molecule has 0 bridgehead atoms. The van der Waals surface area contributed by atoms with Crippen LogP contribution in [-0.2, 0) is 4.79 Å². The quantitative estimate of drug-likeness (QED) is 0.225. The summed E-state index contributed by atoms with van der Waals surface area (Å²) in [6.07, 6.45) is 0. The lowest BCUT2D eigenvalue weighted by Gasteiger charge is -2.02. The van der Waals surface area contributed by atoms with Crippen LogP contribution >= 0.6 is 11.8 Å². The number of halogens is 1. The molecule has 0 saturated heterocycles. The molecular weight excluding hydrogens is 205 g/mol. The lowest BCUT2D eigenvalue weighted by molar-refractivity contribution is -0.118. The van der Waals surface area contributed by atoms with Gasteiger partial charge in [-0.1, -0.05) is 0 Å². The van der Waals surface area contributed by atoms with E-state index in [2.05, 4.69) is 0 Å². The number of hydrogen-bond donors (Lipinski definition) is 3. The third kappa shape index (κ3) is 2.90. The highest BCUT2D eigenvalue weighted by atomic mass is 32.2. The highest BCUT2D eigenvalue weighted by molar-refractivity contribution is 8.00. The van der Waals surface area contributed by atoms with E-state index in [-0.39, 0.29) is 17.3 Å². The number of amides is 1. The topological polar surface area (TPSA) is 81.1 Å². The standard InChI is InChI=1S/C8H10FN3OS/c9-6-3-5(1-2-7(6)10)14-4-8(13)12-11/h1-3H,4,10-11H2,(H,12,13). The molecule has 1 aromatic carbocycles. The van der Waals surface area contributed by atoms with Crippen LogP contribution in [0.4, 0.5) is 10.1 Å². The van der Waals surface area contributed by atoms with Crippen molar-refractivity contribution in [1.82, 2.24) is 5.43 Å². The van der Waals surface area contributed by atoms with Crippen molar-refractivity contribution in [2.45, 2.75) is 4.90 Å². The molecule has 0 fully saturated rings. The number of nitrogens with one attached hydrogen (secondary N) is 1. The van der Waals surface area contributed by atoms with Gasteiger partial charge in [0.05, 0.1) is 11.4 Å². The van der Waals surface area contributed by atoms with Gasteiger partial charge in [0.2, 0.25) is 5.91 Å². The second-order valence-electron chi connectivity index (χ2n) is 2.54. The van der Waals surface area contributed by atoms with Gasteiger partial charge in [-0.25, -0.2) is 10.2 Å². The number of carbonyl (C=O) groups is 1. The number of carbonyl (C=O) groups excluding carboxylic acids is 1. The van der Waals surface area contributed by atoms with Gasteiger partial charge in [-0.15, -0.1) is 11.8 Å². The Labute approximate surface area is 84.8 Å². The molecular formula is C8H10FN3OS. The Kier molecular flexibility index (Phi) is 3.73. The number of benzene rings is 1. The first-order chi connectivity index (χ1) is 6.63. The molecule has 0 aliphatic rings. The predicted octanol–water partition coefficient (Wildman–Crippen LogP) is 0.490. The maximum atomic E-state index is 12.9. The van der Waals surface area contributed by atoms with Crippen LogP contribution in [0.1, 0.15) is 0 Å². The van der Waals surface area contributed by atoms with Crippen molar-refractivity contribution < 1.29 is 9.18 Å². The maximum Gasteiger partial charge on any atom is 0.244 e. The Balaban J connectivity index is 2.60. The molecule has 4 nitrogen and oxygen atoms in total. The molecule has 0 atom stereocenters. The Bertz CT molecular complexity index is 345. The van der Waals surface area contributed by atoms with Crippen LogP contribution in [0.2, 0.25) is 0 Å². The normalized spacial score (nSPS) is 9.86. The van der Waals surface area contributed by atoms with E-state index in [0.717, 1.165) is 0 Å². The molecule has 6 heteroatoms. The van der Waals surface area contributed by atoms with Gasteiger partial charge in [-0.05, 0) is 18.2 Å². The summed E-state index contributed by atoms with van der Waals surface area (Å²) in [4.78, 5) is 11.4. The van der Waals surface area contributed by atoms with Crippen LogP contribution in [0.3, 0.4) is 0 Å². The van der Waals surface area contributed by atoms with Gasteiger partial charge in [-0.2, -0.15) is 0 Å². The smallest absolute Gasteiger partial charge is 0.244 e. The largest absolute Gasteiger partial charge is 0.396 e. The van der Waals surface area contributed by atoms with Crippen LogP contribution in [-0.4, -0.2) is 11.7 Å². The number of anilines is 1. The maximum absolute atomic E-state index is 12.9. The van der Waals surface area contributed by atoms with Crippen LogP contribution in [0.25, 0.3) is 0 Å². The van der Waals surface area contributed by atoms with Gasteiger partial charge in [0.25, 0.3) is 0 Å². The van der Waals surface area contributed by atoms with Crippen LogP contribution in [0.15, 0.2) is 23.1 Å². The minimum Gasteiger partial charge on any atom is -0.396 e. The number of thioether (sulfide) groups is 1. The molecule has 0 aromatic heterocycles. The second-order valence-corrected chi connectivity index (χ2v) is 3.59. The van der Waals surface area contributed by atoms with Crippen molar-refractivity contribution in [1.29, 1.82) is 0 Å². The summed E-state index contributed by atoms with van der Waals surface area (Å²) in [7, 11) is 0. The zero-order valence-electron chi connectivity index (χ0n) is 7.29. The molecule has 1 rings (SSSR count). The first-order valence-electron chi connectivity index (χ1n) is 3.80. The van der Waals surface area contributed by atoms with Crippen molar-refractivity contribution in [2.24, 2.45) is 5.84 Å². The highest BCUT2D eigenvalue weighted by Gasteiger charge is 2.03. The fraction of sp³-hybridized carbons (Fsp3) is 0.125. The summed E-state index contributed by atoms with van der Waals surface area (Å²) in [5.74, 6) is 4.24. The highest BCUT2D eigenvalue weighted by Crippen LogP contribution is 2.21. The summed E-state index contributed by atoms with van der Waals surface area (Å²) < 4.78 is 12.9. The summed E-state index contributed by atoms with van der Waals surface area (Å²) in [6, 6.07) is 4.38. The molecule has 0 heterocycles. The summed E-state index contributed by atoms with van der Waals surface area (Å²) in [6.45, 7) is 0. The molecule has 1 aromatic rings. The molecule has 14 heavy (non-hydrogen) atoms. The fourth-order valence-electron chi connectivity index (χ4n) is 0.788. The minimum atomic E-state index is -0.483. The summed E-state index contributed by atoms with van der Waals surface area (Å²) in [5.41, 5.74) is 7.37. The Morgan fingerprint density at radius 3 is 2.86 bits per heavy atom. The van der Waals surface area contributed by atoms with Crippen molar-refractivity contribution in [2.75, 3.05) is 11.5 Å². The third-order valence-corrected chi connectivity index (χ3v) is 2.50. The minimum absolute atomic E-state index is 0.0950. The van der Waals surface area contributed by atoms with Gasteiger partial charge in [0.15, 0.2) is 0 Å². The van der Waals surface area contributed by atoms with E-state index >= 15 is 0 Å².